The summed E-state index contributed by atoms with van der Waals surface area (Å²) >= 11 is 0. The molecule has 2 rings (SSSR count). The summed E-state index contributed by atoms with van der Waals surface area (Å²) in [5.41, 5.74) is 5.79. The molecule has 0 radical (unpaired) electrons. The fourth-order valence-electron chi connectivity index (χ4n) is 1.83. The molecule has 0 spiro atoms. The van der Waals surface area contributed by atoms with E-state index in [-0.39, 0.29) is 18.2 Å². The fraction of sp³-hybridized carbons (Fsp3) is 0.545. The molecule has 0 unspecified atom stereocenters. The highest BCUT2D eigenvalue weighted by Crippen LogP contribution is 2.10. The largest absolute Gasteiger partial charge is 0.461 e. The van der Waals surface area contributed by atoms with Crippen LogP contribution in [0.4, 0.5) is 0 Å². The third-order valence-corrected chi connectivity index (χ3v) is 2.80. The van der Waals surface area contributed by atoms with Crippen LogP contribution >= 0.6 is 12.4 Å². The van der Waals surface area contributed by atoms with E-state index in [1.807, 2.05) is 0 Å². The first kappa shape index (κ1) is 13.2. The molecule has 0 atom stereocenters. The molecule has 1 aromatic heterocycles. The Balaban J connectivity index is 0.00000128. The van der Waals surface area contributed by atoms with Crippen molar-refractivity contribution in [3.05, 3.63) is 24.2 Å². The van der Waals surface area contributed by atoms with Gasteiger partial charge in [-0.05, 0) is 25.0 Å². The van der Waals surface area contributed by atoms with Crippen LogP contribution in [-0.2, 0) is 0 Å². The molecule has 0 saturated carbocycles. The maximum absolute atomic E-state index is 11.7. The van der Waals surface area contributed by atoms with E-state index in [2.05, 4.69) is 4.90 Å². The molecule has 1 fully saturated rings. The van der Waals surface area contributed by atoms with Crippen LogP contribution in [0.2, 0.25) is 0 Å². The minimum Gasteiger partial charge on any atom is -0.461 e. The van der Waals surface area contributed by atoms with E-state index in [1.165, 1.54) is 6.26 Å². The highest BCUT2D eigenvalue weighted by molar-refractivity contribution is 5.94. The number of likely N-dealkylation sites (tertiary alicyclic amines) is 1. The third-order valence-electron chi connectivity index (χ3n) is 2.80. The molecule has 1 aliphatic rings. The number of rotatable bonds is 3. The Labute approximate surface area is 101 Å². The number of carbonyl (C=O) groups is 1. The molecule has 0 bridgehead atoms. The van der Waals surface area contributed by atoms with Crippen LogP contribution in [0.5, 0.6) is 0 Å². The molecule has 2 heterocycles. The normalized spacial score (nSPS) is 18.1. The Hall–Kier alpha value is -0.840. The Morgan fingerprint density at radius 2 is 2.19 bits per heavy atom. The second kappa shape index (κ2) is 6.03. The van der Waals surface area contributed by atoms with Crippen molar-refractivity contribution in [3.8, 4) is 0 Å². The summed E-state index contributed by atoms with van der Waals surface area (Å²) in [6.45, 7) is 2.27. The van der Waals surface area contributed by atoms with Gasteiger partial charge in [0.25, 0.3) is 0 Å². The van der Waals surface area contributed by atoms with Gasteiger partial charge in [-0.1, -0.05) is 0 Å². The minimum absolute atomic E-state index is 0. The number of Topliss-reactive ketones (excluding diaryl/α,β-unsaturated/α-hetero) is 1. The van der Waals surface area contributed by atoms with Gasteiger partial charge in [-0.3, -0.25) is 9.69 Å². The first-order valence-electron chi connectivity index (χ1n) is 5.30. The first-order chi connectivity index (χ1) is 7.25. The van der Waals surface area contributed by atoms with Gasteiger partial charge < -0.3 is 10.2 Å². The molecule has 0 aromatic carbocycles. The molecule has 0 amide bonds. The van der Waals surface area contributed by atoms with E-state index in [4.69, 9.17) is 10.2 Å². The number of hydrogen-bond donors (Lipinski definition) is 1. The molecule has 4 nitrogen and oxygen atoms in total. The van der Waals surface area contributed by atoms with E-state index < -0.39 is 0 Å². The molecule has 5 heteroatoms. The number of piperidine rings is 1. The van der Waals surface area contributed by atoms with Crippen molar-refractivity contribution in [2.24, 2.45) is 5.73 Å². The number of nitrogens with zero attached hydrogens (tertiary/aromatic N) is 1. The number of nitrogens with two attached hydrogens (primary N) is 1. The lowest BCUT2D eigenvalue weighted by molar-refractivity contribution is 0.0882. The van der Waals surface area contributed by atoms with Gasteiger partial charge in [0.2, 0.25) is 5.78 Å². The summed E-state index contributed by atoms with van der Waals surface area (Å²) in [5, 5.41) is 0. The molecular weight excluding hydrogens is 228 g/mol. The predicted molar refractivity (Wildman–Crippen MR) is 63.9 cm³/mol. The molecule has 1 aromatic rings. The van der Waals surface area contributed by atoms with Crippen molar-refractivity contribution in [3.63, 3.8) is 0 Å². The number of halogens is 1. The maximum Gasteiger partial charge on any atom is 0.211 e. The minimum atomic E-state index is 0. The molecule has 0 aliphatic carbocycles. The Bertz CT molecular complexity index is 319. The zero-order valence-corrected chi connectivity index (χ0v) is 9.91. The number of hydrogen-bond acceptors (Lipinski definition) is 4. The fourth-order valence-corrected chi connectivity index (χ4v) is 1.83. The highest BCUT2D eigenvalue weighted by atomic mass is 35.5. The van der Waals surface area contributed by atoms with Gasteiger partial charge in [0, 0.05) is 19.1 Å². The lowest BCUT2D eigenvalue weighted by Gasteiger charge is -2.29. The van der Waals surface area contributed by atoms with E-state index >= 15 is 0 Å². The van der Waals surface area contributed by atoms with Crippen molar-refractivity contribution in [2.45, 2.75) is 18.9 Å². The Morgan fingerprint density at radius 3 is 2.75 bits per heavy atom. The topological polar surface area (TPSA) is 59.5 Å². The van der Waals surface area contributed by atoms with Crippen molar-refractivity contribution < 1.29 is 9.21 Å². The zero-order chi connectivity index (χ0) is 10.7. The van der Waals surface area contributed by atoms with E-state index in [9.17, 15) is 4.79 Å². The lowest BCUT2D eigenvalue weighted by atomic mass is 10.1. The zero-order valence-electron chi connectivity index (χ0n) is 9.09. The molecule has 90 valence electrons. The summed E-state index contributed by atoms with van der Waals surface area (Å²) in [4.78, 5) is 13.8. The predicted octanol–water partition coefficient (Wildman–Crippen LogP) is 1.31. The second-order valence-corrected chi connectivity index (χ2v) is 4.01. The van der Waals surface area contributed by atoms with Gasteiger partial charge in [-0.2, -0.15) is 0 Å². The smallest absolute Gasteiger partial charge is 0.211 e. The summed E-state index contributed by atoms with van der Waals surface area (Å²) in [7, 11) is 0. The molecular formula is C11H17ClN2O2. The van der Waals surface area contributed by atoms with Crippen molar-refractivity contribution in [2.75, 3.05) is 19.6 Å². The highest BCUT2D eigenvalue weighted by Gasteiger charge is 2.19. The molecule has 16 heavy (non-hydrogen) atoms. The van der Waals surface area contributed by atoms with E-state index in [0.717, 1.165) is 25.9 Å². The van der Waals surface area contributed by atoms with Crippen LogP contribution in [0.25, 0.3) is 0 Å². The number of carbonyl (C=O) groups excluding carboxylic acids is 1. The Kier molecular flexibility index (Phi) is 4.99. The monoisotopic (exact) mass is 244 g/mol. The van der Waals surface area contributed by atoms with Crippen LogP contribution in [-0.4, -0.2) is 36.4 Å². The van der Waals surface area contributed by atoms with Crippen molar-refractivity contribution >= 4 is 18.2 Å². The van der Waals surface area contributed by atoms with Crippen molar-refractivity contribution in [1.29, 1.82) is 0 Å². The SMILES string of the molecule is Cl.NC1CCN(CC(=O)c2ccco2)CC1. The standard InChI is InChI=1S/C11H16N2O2.ClH/c12-9-3-5-13(6-4-9)8-10(14)11-2-1-7-15-11;/h1-2,7,9H,3-6,8,12H2;1H. The van der Waals surface area contributed by atoms with Crippen molar-refractivity contribution in [1.82, 2.24) is 4.90 Å². The lowest BCUT2D eigenvalue weighted by Crippen LogP contribution is -2.41. The second-order valence-electron chi connectivity index (χ2n) is 4.01. The van der Waals surface area contributed by atoms with Crippen LogP contribution in [0.3, 0.4) is 0 Å². The van der Waals surface area contributed by atoms with Crippen LogP contribution in [0.1, 0.15) is 23.4 Å². The summed E-state index contributed by atoms with van der Waals surface area (Å²) in [6, 6.07) is 3.75. The average Bonchev–Trinajstić information content (AvgIpc) is 2.74. The number of ketones is 1. The molecule has 1 saturated heterocycles. The summed E-state index contributed by atoms with van der Waals surface area (Å²) < 4.78 is 5.06. The van der Waals surface area contributed by atoms with Gasteiger partial charge in [0.05, 0.1) is 12.8 Å². The van der Waals surface area contributed by atoms with Gasteiger partial charge >= 0.3 is 0 Å². The molecule has 2 N–H and O–H groups in total. The molecule has 1 aliphatic heterocycles. The van der Waals surface area contributed by atoms with Crippen LogP contribution < -0.4 is 5.73 Å². The van der Waals surface area contributed by atoms with Gasteiger partial charge in [-0.25, -0.2) is 0 Å². The van der Waals surface area contributed by atoms with E-state index in [0.29, 0.717) is 18.3 Å². The third kappa shape index (κ3) is 3.33. The van der Waals surface area contributed by atoms with E-state index in [1.54, 1.807) is 12.1 Å². The van der Waals surface area contributed by atoms with Gasteiger partial charge in [0.1, 0.15) is 0 Å². The van der Waals surface area contributed by atoms with Crippen LogP contribution in [0, 0.1) is 0 Å². The first-order valence-corrected chi connectivity index (χ1v) is 5.30. The van der Waals surface area contributed by atoms with Crippen LogP contribution in [0.15, 0.2) is 22.8 Å². The summed E-state index contributed by atoms with van der Waals surface area (Å²) in [5.74, 6) is 0.500. The van der Waals surface area contributed by atoms with Gasteiger partial charge in [0.15, 0.2) is 5.76 Å². The van der Waals surface area contributed by atoms with Gasteiger partial charge in [-0.15, -0.1) is 12.4 Å². The number of furan rings is 1. The average molecular weight is 245 g/mol. The maximum atomic E-state index is 11.7. The summed E-state index contributed by atoms with van der Waals surface area (Å²) in [6.07, 6.45) is 3.48. The quantitative estimate of drug-likeness (QED) is 0.815. The Morgan fingerprint density at radius 1 is 1.50 bits per heavy atom.